The predicted molar refractivity (Wildman–Crippen MR) is 74.6 cm³/mol. The third-order valence-electron chi connectivity index (χ3n) is 5.40. The Morgan fingerprint density at radius 2 is 1.09 bits per heavy atom. The van der Waals surface area contributed by atoms with E-state index in [0.717, 1.165) is 12.8 Å². The van der Waals surface area contributed by atoms with E-state index in [-0.39, 0.29) is 11.8 Å². The van der Waals surface area contributed by atoms with Gasteiger partial charge in [-0.2, -0.15) is 0 Å². The van der Waals surface area contributed by atoms with Crippen LogP contribution in [0.5, 0.6) is 0 Å². The molecule has 0 amide bonds. The van der Waals surface area contributed by atoms with Crippen molar-refractivity contribution in [2.45, 2.75) is 32.1 Å². The van der Waals surface area contributed by atoms with E-state index in [1.807, 2.05) is 0 Å². The van der Waals surface area contributed by atoms with Crippen molar-refractivity contribution >= 4 is 23.9 Å². The van der Waals surface area contributed by atoms with Gasteiger partial charge in [0.2, 0.25) is 0 Å². The second kappa shape index (κ2) is 6.55. The number of fused-ring (bicyclic) bond motifs is 2. The normalized spacial score (nSPS) is 31.5. The largest absolute Gasteiger partial charge is 0.481 e. The smallest absolute Gasteiger partial charge is 0.307 e. The SMILES string of the molecule is O=C(O)CC(C(=O)O)C1C2CCC(C2)C1C(CC(=O)O)C(=O)O. The van der Waals surface area contributed by atoms with E-state index < -0.39 is 60.4 Å². The highest BCUT2D eigenvalue weighted by Gasteiger charge is 2.56. The van der Waals surface area contributed by atoms with Crippen LogP contribution in [0.4, 0.5) is 0 Å². The van der Waals surface area contributed by atoms with Crippen molar-refractivity contribution in [2.24, 2.45) is 35.5 Å². The predicted octanol–water partition coefficient (Wildman–Crippen LogP) is 1.000. The molecule has 0 aromatic rings. The van der Waals surface area contributed by atoms with Gasteiger partial charge in [0.05, 0.1) is 24.7 Å². The molecule has 2 aliphatic rings. The summed E-state index contributed by atoms with van der Waals surface area (Å²) < 4.78 is 0. The van der Waals surface area contributed by atoms with Gasteiger partial charge in [0.15, 0.2) is 0 Å². The molecule has 0 heterocycles. The molecule has 2 fully saturated rings. The molecule has 0 radical (unpaired) electrons. The van der Waals surface area contributed by atoms with Gasteiger partial charge in [0.1, 0.15) is 0 Å². The molecule has 0 aromatic carbocycles. The van der Waals surface area contributed by atoms with Gasteiger partial charge in [-0.1, -0.05) is 0 Å². The minimum Gasteiger partial charge on any atom is -0.481 e. The molecule has 6 unspecified atom stereocenters. The first-order valence-electron chi connectivity index (χ1n) is 7.61. The Labute approximate surface area is 132 Å². The van der Waals surface area contributed by atoms with Crippen molar-refractivity contribution in [3.05, 3.63) is 0 Å². The van der Waals surface area contributed by atoms with Crippen LogP contribution < -0.4 is 0 Å². The fourth-order valence-electron chi connectivity index (χ4n) is 4.73. The summed E-state index contributed by atoms with van der Waals surface area (Å²) >= 11 is 0. The summed E-state index contributed by atoms with van der Waals surface area (Å²) in [7, 11) is 0. The third-order valence-corrected chi connectivity index (χ3v) is 5.40. The summed E-state index contributed by atoms with van der Waals surface area (Å²) in [5, 5.41) is 36.7. The van der Waals surface area contributed by atoms with Crippen LogP contribution in [-0.4, -0.2) is 44.3 Å². The lowest BCUT2D eigenvalue weighted by Gasteiger charge is -2.37. The maximum Gasteiger partial charge on any atom is 0.307 e. The van der Waals surface area contributed by atoms with Gasteiger partial charge in [0, 0.05) is 0 Å². The zero-order valence-electron chi connectivity index (χ0n) is 12.4. The molecule has 8 nitrogen and oxygen atoms in total. The number of carboxylic acid groups (broad SMARTS) is 4. The van der Waals surface area contributed by atoms with Crippen LogP contribution in [0.15, 0.2) is 0 Å². The topological polar surface area (TPSA) is 149 Å². The Balaban J connectivity index is 2.34. The van der Waals surface area contributed by atoms with Gasteiger partial charge in [-0.25, -0.2) is 0 Å². The van der Waals surface area contributed by atoms with Crippen molar-refractivity contribution < 1.29 is 39.6 Å². The van der Waals surface area contributed by atoms with Gasteiger partial charge < -0.3 is 20.4 Å². The zero-order chi connectivity index (χ0) is 17.3. The summed E-state index contributed by atoms with van der Waals surface area (Å²) in [4.78, 5) is 45.0. The molecule has 0 saturated heterocycles. The molecular weight excluding hydrogens is 308 g/mol. The standard InChI is InChI=1S/C15H20O8/c16-10(17)4-8(14(20)21)12-6-1-2-7(3-6)13(12)9(15(22)23)5-11(18)19/h6-9,12-13H,1-5H2,(H,16,17)(H,18,19)(H,20,21)(H,22,23). The molecule has 2 bridgehead atoms. The van der Waals surface area contributed by atoms with Crippen LogP contribution >= 0.6 is 0 Å². The number of hydrogen-bond donors (Lipinski definition) is 4. The summed E-state index contributed by atoms with van der Waals surface area (Å²) in [6.07, 6.45) is 1.00. The minimum absolute atomic E-state index is 0.0407. The zero-order valence-corrected chi connectivity index (χ0v) is 12.4. The van der Waals surface area contributed by atoms with Crippen molar-refractivity contribution in [1.29, 1.82) is 0 Å². The molecule has 4 N–H and O–H groups in total. The van der Waals surface area contributed by atoms with E-state index in [9.17, 15) is 29.4 Å². The molecule has 23 heavy (non-hydrogen) atoms. The minimum atomic E-state index is -1.26. The number of carbonyl (C=O) groups is 4. The van der Waals surface area contributed by atoms with Crippen LogP contribution in [0.3, 0.4) is 0 Å². The number of rotatable bonds is 8. The van der Waals surface area contributed by atoms with Crippen molar-refractivity contribution in [3.63, 3.8) is 0 Å². The Morgan fingerprint density at radius 3 is 1.35 bits per heavy atom. The average molecular weight is 328 g/mol. The van der Waals surface area contributed by atoms with Gasteiger partial charge in [-0.05, 0) is 42.9 Å². The summed E-state index contributed by atoms with van der Waals surface area (Å²) in [5.41, 5.74) is 0. The van der Waals surface area contributed by atoms with E-state index in [1.54, 1.807) is 0 Å². The first-order valence-corrected chi connectivity index (χ1v) is 7.61. The Morgan fingerprint density at radius 1 is 0.739 bits per heavy atom. The average Bonchev–Trinajstić information content (AvgIpc) is 3.01. The summed E-state index contributed by atoms with van der Waals surface area (Å²) in [6, 6.07) is 0. The summed E-state index contributed by atoms with van der Waals surface area (Å²) in [6.45, 7) is 0. The molecular formula is C15H20O8. The van der Waals surface area contributed by atoms with Gasteiger partial charge in [0.25, 0.3) is 0 Å². The quantitative estimate of drug-likeness (QED) is 0.515. The first-order chi connectivity index (χ1) is 10.7. The van der Waals surface area contributed by atoms with E-state index in [4.69, 9.17) is 10.2 Å². The lowest BCUT2D eigenvalue weighted by atomic mass is 9.66. The molecule has 6 atom stereocenters. The highest BCUT2D eigenvalue weighted by Crippen LogP contribution is 2.58. The Hall–Kier alpha value is -2.12. The fourth-order valence-corrected chi connectivity index (χ4v) is 4.73. The van der Waals surface area contributed by atoms with Crippen molar-refractivity contribution in [2.75, 3.05) is 0 Å². The van der Waals surface area contributed by atoms with E-state index in [0.29, 0.717) is 6.42 Å². The summed E-state index contributed by atoms with van der Waals surface area (Å²) in [5.74, 6) is -8.63. The van der Waals surface area contributed by atoms with Crippen molar-refractivity contribution in [1.82, 2.24) is 0 Å². The molecule has 0 spiro atoms. The second-order valence-electron chi connectivity index (χ2n) is 6.57. The second-order valence-corrected chi connectivity index (χ2v) is 6.57. The maximum absolute atomic E-state index is 11.5. The number of aliphatic carboxylic acids is 4. The highest BCUT2D eigenvalue weighted by molar-refractivity contribution is 5.80. The molecule has 8 heteroatoms. The van der Waals surface area contributed by atoms with Crippen LogP contribution in [0.1, 0.15) is 32.1 Å². The monoisotopic (exact) mass is 328 g/mol. The molecule has 0 aromatic heterocycles. The third kappa shape index (κ3) is 3.46. The molecule has 0 aliphatic heterocycles. The van der Waals surface area contributed by atoms with Crippen molar-refractivity contribution in [3.8, 4) is 0 Å². The maximum atomic E-state index is 11.5. The molecule has 2 saturated carbocycles. The fraction of sp³-hybridized carbons (Fsp3) is 0.733. The molecule has 2 rings (SSSR count). The van der Waals surface area contributed by atoms with Gasteiger partial charge in [-0.15, -0.1) is 0 Å². The van der Waals surface area contributed by atoms with Crippen LogP contribution in [-0.2, 0) is 19.2 Å². The number of carboxylic acids is 4. The van der Waals surface area contributed by atoms with E-state index >= 15 is 0 Å². The van der Waals surface area contributed by atoms with Gasteiger partial charge >= 0.3 is 23.9 Å². The molecule has 128 valence electrons. The Bertz CT molecular complexity index is 482. The van der Waals surface area contributed by atoms with Crippen LogP contribution in [0.25, 0.3) is 0 Å². The van der Waals surface area contributed by atoms with Crippen LogP contribution in [0.2, 0.25) is 0 Å². The highest BCUT2D eigenvalue weighted by atomic mass is 16.4. The van der Waals surface area contributed by atoms with E-state index in [2.05, 4.69) is 0 Å². The van der Waals surface area contributed by atoms with E-state index in [1.165, 1.54) is 0 Å². The molecule has 2 aliphatic carbocycles. The van der Waals surface area contributed by atoms with Gasteiger partial charge in [-0.3, -0.25) is 19.2 Å². The lowest BCUT2D eigenvalue weighted by molar-refractivity contribution is -0.157. The lowest BCUT2D eigenvalue weighted by Crippen LogP contribution is -2.41. The van der Waals surface area contributed by atoms with Crippen LogP contribution in [0, 0.1) is 35.5 Å². The first kappa shape index (κ1) is 17.2. The number of hydrogen-bond acceptors (Lipinski definition) is 4. The Kier molecular flexibility index (Phi) is 4.91.